The molecule has 4 N–H and O–H groups in total. The van der Waals surface area contributed by atoms with Crippen molar-refractivity contribution in [3.05, 3.63) is 72.4 Å². The molecule has 0 radical (unpaired) electrons. The maximum Gasteiger partial charge on any atom is 0.407 e. The molecule has 67 heavy (non-hydrogen) atoms. The maximum atomic E-state index is 14.3. The van der Waals surface area contributed by atoms with Gasteiger partial charge in [0.2, 0.25) is 11.8 Å². The fourth-order valence-corrected chi connectivity index (χ4v) is 10.3. The van der Waals surface area contributed by atoms with Gasteiger partial charge in [-0.15, -0.1) is 0 Å². The van der Waals surface area contributed by atoms with E-state index in [1.165, 1.54) is 39.9 Å². The lowest BCUT2D eigenvalue weighted by molar-refractivity contribution is -0.136. The second-order valence-electron chi connectivity index (χ2n) is 19.4. The van der Waals surface area contributed by atoms with Gasteiger partial charge in [-0.2, -0.15) is 0 Å². The first kappa shape index (κ1) is 47.5. The summed E-state index contributed by atoms with van der Waals surface area (Å²) in [4.78, 5) is 73.4. The predicted octanol–water partition coefficient (Wildman–Crippen LogP) is 8.17. The summed E-state index contributed by atoms with van der Waals surface area (Å²) in [7, 11) is 4.25. The zero-order valence-electron chi connectivity index (χ0n) is 39.8. The number of imidazole rings is 2. The van der Waals surface area contributed by atoms with Crippen LogP contribution in [0.25, 0.3) is 44.2 Å². The van der Waals surface area contributed by atoms with Crippen molar-refractivity contribution in [2.24, 2.45) is 29.6 Å². The number of methoxy groups -OCH3 is 3. The number of benzene rings is 3. The maximum absolute atomic E-state index is 14.3. The smallest absolute Gasteiger partial charge is 0.407 e. The van der Waals surface area contributed by atoms with Crippen LogP contribution in [-0.4, -0.2) is 120 Å². The fraction of sp³-hybridized carbons (Fsp3) is 0.529. The van der Waals surface area contributed by atoms with Crippen molar-refractivity contribution in [2.45, 2.75) is 90.4 Å². The Balaban J connectivity index is 1.00. The minimum atomic E-state index is -0.751. The molecule has 4 amide bonds. The third-order valence-corrected chi connectivity index (χ3v) is 14.0. The SMILES string of the molecule is COC[C@H]1C[C@@H](c2ncc(-c3ccc(-c4ccc5c(ccc6[nH]c([C@@H]7C[C@H](COCC8CCCC8)CN7C(=O)[C@@H](NC(=O)OC)C(C)C)nc65)c4)cc3)[nH]2)N(C(=O)[C@@H](NC(=O)OC)C(C)C)C1. The molecule has 16 heteroatoms. The van der Waals surface area contributed by atoms with E-state index in [2.05, 4.69) is 69.1 Å². The van der Waals surface area contributed by atoms with Crippen molar-refractivity contribution in [2.75, 3.05) is 54.2 Å². The summed E-state index contributed by atoms with van der Waals surface area (Å²) in [6.45, 7) is 10.5. The topological polar surface area (TPSA) is 193 Å². The molecule has 2 aliphatic heterocycles. The number of H-pyrrole nitrogens is 2. The molecule has 0 spiro atoms. The monoisotopic (exact) mass is 919 g/mol. The number of alkyl carbamates (subject to hydrolysis) is 2. The van der Waals surface area contributed by atoms with Crippen LogP contribution in [0, 0.1) is 29.6 Å². The third kappa shape index (κ3) is 10.4. The summed E-state index contributed by atoms with van der Waals surface area (Å²) in [6.07, 6.45) is 6.84. The zero-order chi connectivity index (χ0) is 47.4. The van der Waals surface area contributed by atoms with Gasteiger partial charge in [0.25, 0.3) is 0 Å². The van der Waals surface area contributed by atoms with E-state index in [1.54, 1.807) is 18.2 Å². The first-order valence-corrected chi connectivity index (χ1v) is 23.8. The van der Waals surface area contributed by atoms with Crippen LogP contribution in [0.3, 0.4) is 0 Å². The number of carbonyl (C=O) groups is 4. The molecule has 358 valence electrons. The Bertz CT molecular complexity index is 2530. The van der Waals surface area contributed by atoms with Gasteiger partial charge in [-0.1, -0.05) is 83.0 Å². The van der Waals surface area contributed by atoms with Crippen molar-refractivity contribution in [1.82, 2.24) is 40.4 Å². The molecule has 2 aromatic heterocycles. The van der Waals surface area contributed by atoms with Crippen LogP contribution >= 0.6 is 0 Å². The number of hydrogen-bond donors (Lipinski definition) is 4. The number of aromatic amines is 2. The molecular formula is C51H66N8O8. The van der Waals surface area contributed by atoms with Gasteiger partial charge in [-0.3, -0.25) is 9.59 Å². The third-order valence-electron chi connectivity index (χ3n) is 14.0. The first-order chi connectivity index (χ1) is 32.3. The summed E-state index contributed by atoms with van der Waals surface area (Å²) >= 11 is 0. The van der Waals surface area contributed by atoms with E-state index in [9.17, 15) is 19.2 Å². The van der Waals surface area contributed by atoms with Gasteiger partial charge in [0.05, 0.1) is 62.4 Å². The highest BCUT2D eigenvalue weighted by Crippen LogP contribution is 2.39. The Morgan fingerprint density at radius 2 is 1.25 bits per heavy atom. The molecule has 8 rings (SSSR count). The zero-order valence-corrected chi connectivity index (χ0v) is 39.8. The molecule has 2 saturated heterocycles. The van der Waals surface area contributed by atoms with Gasteiger partial charge in [-0.25, -0.2) is 19.6 Å². The molecule has 16 nitrogen and oxygen atoms in total. The Morgan fingerprint density at radius 3 is 1.85 bits per heavy atom. The van der Waals surface area contributed by atoms with Crippen molar-refractivity contribution in [3.63, 3.8) is 0 Å². The number of likely N-dealkylation sites (tertiary alicyclic amines) is 2. The quantitative estimate of drug-likeness (QED) is 0.0751. The molecule has 0 unspecified atom stereocenters. The Morgan fingerprint density at radius 1 is 0.687 bits per heavy atom. The number of amides is 4. The van der Waals surface area contributed by atoms with E-state index < -0.39 is 24.3 Å². The van der Waals surface area contributed by atoms with Crippen LogP contribution < -0.4 is 10.6 Å². The number of nitrogens with one attached hydrogen (secondary N) is 4. The van der Waals surface area contributed by atoms with Gasteiger partial charge in [-0.05, 0) is 77.6 Å². The average molecular weight is 919 g/mol. The Labute approximate surface area is 392 Å². The highest BCUT2D eigenvalue weighted by atomic mass is 16.5. The molecule has 1 aliphatic carbocycles. The molecule has 5 aromatic rings. The van der Waals surface area contributed by atoms with Gasteiger partial charge in [0.15, 0.2) is 0 Å². The van der Waals surface area contributed by atoms with E-state index in [1.807, 2.05) is 38.7 Å². The number of rotatable bonds is 16. The first-order valence-electron chi connectivity index (χ1n) is 23.8. The standard InChI is InChI=1S/C51H66N8O8/c1-29(2)43(56-50(62)65-6)48(60)58-24-32(26-64-5)20-41(58)46-52-23-40(54-46)35-14-12-34(13-15-35)36-16-18-38-37(22-36)17-19-39-45(38)55-47(53-39)42-21-33(28-67-27-31-10-8-9-11-31)25-59(42)49(61)44(30(3)4)57-51(63)66-7/h12-19,22-23,29-33,41-44H,8-11,20-21,24-28H2,1-7H3,(H,52,54)(H,53,55)(H,56,62)(H,57,63)/t32-,33-,41-,42-,43-,44-/m0/s1. The van der Waals surface area contributed by atoms with Gasteiger partial charge in [0, 0.05) is 44.0 Å². The lowest BCUT2D eigenvalue weighted by atomic mass is 9.99. The van der Waals surface area contributed by atoms with E-state index >= 15 is 0 Å². The van der Waals surface area contributed by atoms with Crippen LogP contribution in [0.15, 0.2) is 60.8 Å². The molecular weight excluding hydrogens is 853 g/mol. The Hall–Kier alpha value is -6.00. The van der Waals surface area contributed by atoms with Crippen LogP contribution in [0.5, 0.6) is 0 Å². The second-order valence-corrected chi connectivity index (χ2v) is 19.4. The van der Waals surface area contributed by atoms with Crippen LogP contribution in [0.1, 0.15) is 90.0 Å². The minimum absolute atomic E-state index is 0.115. The van der Waals surface area contributed by atoms with Crippen LogP contribution in [0.4, 0.5) is 9.59 Å². The van der Waals surface area contributed by atoms with Gasteiger partial charge in [0.1, 0.15) is 23.7 Å². The molecule has 3 aliphatic rings. The number of hydrogen-bond acceptors (Lipinski definition) is 10. The largest absolute Gasteiger partial charge is 0.453 e. The lowest BCUT2D eigenvalue weighted by Crippen LogP contribution is -2.51. The molecule has 3 aromatic carbocycles. The normalized spacial score (nSPS) is 20.9. The highest BCUT2D eigenvalue weighted by molar-refractivity contribution is 6.05. The molecule has 1 saturated carbocycles. The number of ether oxygens (including phenoxy) is 4. The van der Waals surface area contributed by atoms with Gasteiger partial charge >= 0.3 is 12.2 Å². The summed E-state index contributed by atoms with van der Waals surface area (Å²) in [5, 5.41) is 7.53. The summed E-state index contributed by atoms with van der Waals surface area (Å²) < 4.78 is 21.5. The van der Waals surface area contributed by atoms with Crippen molar-refractivity contribution >= 4 is 45.8 Å². The summed E-state index contributed by atoms with van der Waals surface area (Å²) in [5.74, 6) is 1.59. The predicted molar refractivity (Wildman–Crippen MR) is 255 cm³/mol. The average Bonchev–Trinajstić information content (AvgIpc) is 4.19. The number of carbonyl (C=O) groups excluding carboxylic acids is 4. The molecule has 3 fully saturated rings. The van der Waals surface area contributed by atoms with Crippen LogP contribution in [-0.2, 0) is 28.5 Å². The van der Waals surface area contributed by atoms with Crippen molar-refractivity contribution < 1.29 is 38.1 Å². The molecule has 0 bridgehead atoms. The Kier molecular flexibility index (Phi) is 14.8. The minimum Gasteiger partial charge on any atom is -0.453 e. The van der Waals surface area contributed by atoms with Crippen molar-refractivity contribution in [1.29, 1.82) is 0 Å². The highest BCUT2D eigenvalue weighted by Gasteiger charge is 2.43. The van der Waals surface area contributed by atoms with E-state index in [4.69, 9.17) is 28.9 Å². The summed E-state index contributed by atoms with van der Waals surface area (Å²) in [5.41, 5.74) is 5.60. The summed E-state index contributed by atoms with van der Waals surface area (Å²) in [6, 6.07) is 16.7. The van der Waals surface area contributed by atoms with Gasteiger partial charge < -0.3 is 49.3 Å². The molecule has 4 heterocycles. The van der Waals surface area contributed by atoms with Crippen LogP contribution in [0.2, 0.25) is 0 Å². The molecule has 6 atom stereocenters. The van der Waals surface area contributed by atoms with E-state index in [-0.39, 0.29) is 47.6 Å². The second kappa shape index (κ2) is 20.9. The number of nitrogens with zero attached hydrogens (tertiary/aromatic N) is 4. The van der Waals surface area contributed by atoms with E-state index in [0.29, 0.717) is 56.7 Å². The van der Waals surface area contributed by atoms with Crippen molar-refractivity contribution in [3.8, 4) is 22.4 Å². The number of aromatic nitrogens is 4. The lowest BCUT2D eigenvalue weighted by Gasteiger charge is -2.30. The fourth-order valence-electron chi connectivity index (χ4n) is 10.3. The number of fused-ring (bicyclic) bond motifs is 3. The van der Waals surface area contributed by atoms with E-state index in [0.717, 1.165) is 50.8 Å².